The van der Waals surface area contributed by atoms with Crippen LogP contribution in [0.25, 0.3) is 0 Å². The number of ether oxygens (including phenoxy) is 1. The molecule has 0 aliphatic heterocycles. The fraction of sp³-hybridized carbons (Fsp3) is 0.667. The number of carbonyl (C=O) groups excluding carboxylic acids is 1. The second kappa shape index (κ2) is 15.9. The Morgan fingerprint density at radius 2 is 1.40 bits per heavy atom. The van der Waals surface area contributed by atoms with Gasteiger partial charge in [0.15, 0.2) is 0 Å². The molecule has 0 spiro atoms. The first kappa shape index (κ1) is 27.6. The molecule has 2 nitrogen and oxygen atoms in total. The van der Waals surface area contributed by atoms with E-state index in [0.717, 1.165) is 30.2 Å². The zero-order chi connectivity index (χ0) is 24.7. The molecule has 2 aliphatic carbocycles. The molecule has 2 aliphatic rings. The molecule has 0 atom stereocenters. The van der Waals surface area contributed by atoms with Crippen LogP contribution in [0, 0.1) is 35.5 Å². The van der Waals surface area contributed by atoms with Gasteiger partial charge in [0.1, 0.15) is 5.75 Å². The Morgan fingerprint density at radius 1 is 0.829 bits per heavy atom. The summed E-state index contributed by atoms with van der Waals surface area (Å²) >= 11 is 0. The molecule has 1 aromatic rings. The lowest BCUT2D eigenvalue weighted by molar-refractivity contribution is -0.140. The largest absolute Gasteiger partial charge is 0.426 e. The van der Waals surface area contributed by atoms with E-state index in [1.165, 1.54) is 89.9 Å². The number of rotatable bonds is 11. The summed E-state index contributed by atoms with van der Waals surface area (Å²) in [4.78, 5) is 12.6. The molecule has 2 saturated carbocycles. The van der Waals surface area contributed by atoms with Crippen LogP contribution in [-0.2, 0) is 4.79 Å². The Bertz CT molecular complexity index is 809. The van der Waals surface area contributed by atoms with Gasteiger partial charge in [-0.25, -0.2) is 0 Å². The molecule has 0 unspecified atom stereocenters. The second-order valence-corrected chi connectivity index (χ2v) is 11.1. The Balaban J connectivity index is 1.35. The number of hydrogen-bond acceptors (Lipinski definition) is 2. The van der Waals surface area contributed by atoms with Crippen molar-refractivity contribution in [2.45, 2.75) is 117 Å². The number of allylic oxidation sites excluding steroid dienone is 2. The van der Waals surface area contributed by atoms with Crippen molar-refractivity contribution < 1.29 is 9.53 Å². The highest BCUT2D eigenvalue weighted by molar-refractivity contribution is 5.75. The van der Waals surface area contributed by atoms with Crippen molar-refractivity contribution in [3.63, 3.8) is 0 Å². The molecule has 0 heterocycles. The molecule has 0 radical (unpaired) electrons. The van der Waals surface area contributed by atoms with Crippen LogP contribution < -0.4 is 4.74 Å². The topological polar surface area (TPSA) is 26.3 Å². The van der Waals surface area contributed by atoms with E-state index in [1.807, 2.05) is 30.3 Å². The van der Waals surface area contributed by atoms with E-state index in [2.05, 4.69) is 31.8 Å². The maximum atomic E-state index is 12.6. The average molecular weight is 477 g/mol. The first-order chi connectivity index (χ1) is 17.2. The Morgan fingerprint density at radius 3 is 1.97 bits per heavy atom. The summed E-state index contributed by atoms with van der Waals surface area (Å²) in [6.45, 7) is 4.54. The van der Waals surface area contributed by atoms with Gasteiger partial charge in [0, 0.05) is 5.56 Å². The van der Waals surface area contributed by atoms with E-state index in [9.17, 15) is 4.79 Å². The number of benzene rings is 1. The van der Waals surface area contributed by atoms with Gasteiger partial charge in [-0.2, -0.15) is 0 Å². The Kier molecular flexibility index (Phi) is 12.5. The summed E-state index contributed by atoms with van der Waals surface area (Å²) in [7, 11) is 0. The third-order valence-corrected chi connectivity index (χ3v) is 8.24. The third-order valence-electron chi connectivity index (χ3n) is 8.24. The van der Waals surface area contributed by atoms with Crippen molar-refractivity contribution >= 4 is 5.97 Å². The predicted molar refractivity (Wildman–Crippen MR) is 147 cm³/mol. The SMILES string of the molecule is CCCCC[C@H]1CC[C@H](/C=C/C#Cc2ccc(OC(=O)[C@H]3CC[C@H](CCCCC)CC3)cc2)CC1. The summed E-state index contributed by atoms with van der Waals surface area (Å²) in [6.07, 6.45) is 24.9. The minimum Gasteiger partial charge on any atom is -0.426 e. The van der Waals surface area contributed by atoms with E-state index in [1.54, 1.807) is 0 Å². The van der Waals surface area contributed by atoms with E-state index in [4.69, 9.17) is 4.74 Å². The van der Waals surface area contributed by atoms with E-state index < -0.39 is 0 Å². The van der Waals surface area contributed by atoms with Gasteiger partial charge in [0.05, 0.1) is 5.92 Å². The molecule has 35 heavy (non-hydrogen) atoms. The molecule has 192 valence electrons. The third kappa shape index (κ3) is 10.2. The summed E-state index contributed by atoms with van der Waals surface area (Å²) in [6, 6.07) is 7.66. The van der Waals surface area contributed by atoms with Crippen molar-refractivity contribution in [3.8, 4) is 17.6 Å². The van der Waals surface area contributed by atoms with E-state index in [0.29, 0.717) is 11.7 Å². The van der Waals surface area contributed by atoms with Gasteiger partial charge in [-0.15, -0.1) is 0 Å². The first-order valence-corrected chi connectivity index (χ1v) is 14.7. The van der Waals surface area contributed by atoms with Crippen molar-refractivity contribution in [1.29, 1.82) is 0 Å². The van der Waals surface area contributed by atoms with Crippen LogP contribution in [0.15, 0.2) is 36.4 Å². The molecule has 3 rings (SSSR count). The zero-order valence-electron chi connectivity index (χ0n) is 22.4. The predicted octanol–water partition coefficient (Wildman–Crippen LogP) is 9.27. The molecule has 0 N–H and O–H groups in total. The highest BCUT2D eigenvalue weighted by Gasteiger charge is 2.27. The standard InChI is InChI=1S/C33H48O2/c1-3-5-7-11-27-15-17-28(18-16-27)13-9-10-14-30-21-25-32(26-22-30)35-33(34)31-23-19-29(20-24-31)12-8-6-4-2/h9,13,21-22,25-29,31H,3-8,11-12,15-20,23-24H2,1-2H3/b13-9+/t27-,28-,29-,31-. The molecule has 0 bridgehead atoms. The van der Waals surface area contributed by atoms with Crippen LogP contribution in [-0.4, -0.2) is 5.97 Å². The lowest BCUT2D eigenvalue weighted by atomic mass is 9.79. The molecule has 0 amide bonds. The minimum atomic E-state index is -0.0566. The van der Waals surface area contributed by atoms with Gasteiger partial charge in [0.2, 0.25) is 0 Å². The maximum Gasteiger partial charge on any atom is 0.314 e. The molecular formula is C33H48O2. The van der Waals surface area contributed by atoms with Gasteiger partial charge in [0.25, 0.3) is 0 Å². The van der Waals surface area contributed by atoms with Crippen LogP contribution in [0.2, 0.25) is 0 Å². The molecule has 0 saturated heterocycles. The monoisotopic (exact) mass is 476 g/mol. The summed E-state index contributed by atoms with van der Waals surface area (Å²) in [5.41, 5.74) is 0.960. The molecule has 2 heteroatoms. The number of hydrogen-bond donors (Lipinski definition) is 0. The number of carbonyl (C=O) groups is 1. The summed E-state index contributed by atoms with van der Waals surface area (Å²) in [5.74, 6) is 9.52. The van der Waals surface area contributed by atoms with Crippen LogP contribution in [0.4, 0.5) is 0 Å². The smallest absolute Gasteiger partial charge is 0.314 e. The fourth-order valence-electron chi connectivity index (χ4n) is 5.84. The van der Waals surface area contributed by atoms with Crippen molar-refractivity contribution in [1.82, 2.24) is 0 Å². The second-order valence-electron chi connectivity index (χ2n) is 11.1. The van der Waals surface area contributed by atoms with Crippen LogP contribution in [0.3, 0.4) is 0 Å². The molecule has 0 aromatic heterocycles. The Hall–Kier alpha value is -2.01. The highest BCUT2D eigenvalue weighted by atomic mass is 16.5. The van der Waals surface area contributed by atoms with Crippen LogP contribution >= 0.6 is 0 Å². The quantitative estimate of drug-likeness (QED) is 0.138. The summed E-state index contributed by atoms with van der Waals surface area (Å²) < 4.78 is 5.69. The van der Waals surface area contributed by atoms with Gasteiger partial charge in [-0.1, -0.05) is 83.1 Å². The molecular weight excluding hydrogens is 428 g/mol. The first-order valence-electron chi connectivity index (χ1n) is 14.7. The lowest BCUT2D eigenvalue weighted by Crippen LogP contribution is -2.25. The van der Waals surface area contributed by atoms with E-state index in [-0.39, 0.29) is 11.9 Å². The van der Waals surface area contributed by atoms with Crippen molar-refractivity contribution in [2.24, 2.45) is 23.7 Å². The van der Waals surface area contributed by atoms with Crippen molar-refractivity contribution in [2.75, 3.05) is 0 Å². The average Bonchev–Trinajstić information content (AvgIpc) is 2.89. The normalized spacial score (nSPS) is 24.6. The fourth-order valence-corrected chi connectivity index (χ4v) is 5.84. The zero-order valence-corrected chi connectivity index (χ0v) is 22.4. The Labute approximate surface area is 215 Å². The highest BCUT2D eigenvalue weighted by Crippen LogP contribution is 2.34. The van der Waals surface area contributed by atoms with Crippen molar-refractivity contribution in [3.05, 3.63) is 42.0 Å². The minimum absolute atomic E-state index is 0.0566. The number of esters is 1. The number of unbranched alkanes of at least 4 members (excludes halogenated alkanes) is 4. The maximum absolute atomic E-state index is 12.6. The van der Waals surface area contributed by atoms with Gasteiger partial charge in [-0.05, 0) is 99.5 Å². The van der Waals surface area contributed by atoms with Gasteiger partial charge in [-0.3, -0.25) is 4.79 Å². The van der Waals surface area contributed by atoms with Crippen LogP contribution in [0.1, 0.15) is 122 Å². The van der Waals surface area contributed by atoms with Crippen LogP contribution in [0.5, 0.6) is 5.75 Å². The van der Waals surface area contributed by atoms with Gasteiger partial charge < -0.3 is 4.74 Å². The summed E-state index contributed by atoms with van der Waals surface area (Å²) in [5, 5.41) is 0. The molecule has 1 aromatic carbocycles. The van der Waals surface area contributed by atoms with E-state index >= 15 is 0 Å². The molecule has 2 fully saturated rings. The lowest BCUT2D eigenvalue weighted by Gasteiger charge is -2.27. The van der Waals surface area contributed by atoms with Gasteiger partial charge >= 0.3 is 5.97 Å².